The number of allylic oxidation sites excluding steroid dienone is 1. The summed E-state index contributed by atoms with van der Waals surface area (Å²) in [7, 11) is 8.56. The van der Waals surface area contributed by atoms with Gasteiger partial charge in [-0.3, -0.25) is 4.98 Å². The monoisotopic (exact) mass is 545 g/mol. The number of aryl methyl sites for hydroxylation is 1. The molecule has 4 aromatic rings. The Kier molecular flexibility index (Phi) is 11.1. The minimum absolute atomic E-state index is 0.349. The molecule has 0 amide bonds. The van der Waals surface area contributed by atoms with Crippen LogP contribution in [0.4, 0.5) is 0 Å². The zero-order valence-corrected chi connectivity index (χ0v) is 25.8. The fourth-order valence-electron chi connectivity index (χ4n) is 5.75. The Morgan fingerprint density at radius 1 is 0.707 bits per heavy atom. The predicted octanol–water partition coefficient (Wildman–Crippen LogP) is 8.23. The minimum Gasteiger partial charge on any atom is -0.309 e. The Morgan fingerprint density at radius 3 is 2.00 bits per heavy atom. The molecule has 0 saturated carbocycles. The van der Waals surface area contributed by atoms with Gasteiger partial charge in [0, 0.05) is 30.3 Å². The van der Waals surface area contributed by atoms with Crippen LogP contribution < -0.4 is 0 Å². The lowest BCUT2D eigenvalue weighted by Gasteiger charge is -2.20. The van der Waals surface area contributed by atoms with Crippen molar-refractivity contribution >= 4 is 5.57 Å². The number of rotatable bonds is 10. The molecule has 0 spiro atoms. The molecule has 0 aliphatic heterocycles. The molecule has 3 aromatic carbocycles. The number of hydrogen-bond acceptors (Lipinski definition) is 3. The fourth-order valence-corrected chi connectivity index (χ4v) is 5.75. The molecule has 0 fully saturated rings. The van der Waals surface area contributed by atoms with E-state index in [0.717, 1.165) is 38.0 Å². The lowest BCUT2D eigenvalue weighted by Crippen LogP contribution is -2.16. The number of hydrogen-bond donors (Lipinski definition) is 0. The van der Waals surface area contributed by atoms with E-state index >= 15 is 0 Å². The maximum Gasteiger partial charge on any atom is 0.0475 e. The number of pyridine rings is 1. The zero-order chi connectivity index (χ0) is 29.2. The highest BCUT2D eigenvalue weighted by atomic mass is 15.0. The summed E-state index contributed by atoms with van der Waals surface area (Å²) >= 11 is 0. The van der Waals surface area contributed by atoms with Gasteiger partial charge in [0.1, 0.15) is 0 Å². The van der Waals surface area contributed by atoms with Gasteiger partial charge in [0.2, 0.25) is 0 Å². The van der Waals surface area contributed by atoms with Gasteiger partial charge in [0.25, 0.3) is 0 Å². The highest BCUT2D eigenvalue weighted by Crippen LogP contribution is 2.42. The normalized spacial score (nSPS) is 14.0. The average molecular weight is 546 g/mol. The van der Waals surface area contributed by atoms with Crippen LogP contribution in [0.1, 0.15) is 65.1 Å². The Bertz CT molecular complexity index is 1370. The van der Waals surface area contributed by atoms with Crippen molar-refractivity contribution in [2.45, 2.75) is 44.9 Å². The molecule has 0 radical (unpaired) electrons. The lowest BCUT2D eigenvalue weighted by molar-refractivity contribution is 0.390. The largest absolute Gasteiger partial charge is 0.309 e. The molecular weight excluding hydrogens is 498 g/mol. The van der Waals surface area contributed by atoms with Crippen LogP contribution in [-0.4, -0.2) is 56.1 Å². The maximum atomic E-state index is 4.58. The van der Waals surface area contributed by atoms with Gasteiger partial charge in [0.15, 0.2) is 0 Å². The number of fused-ring (bicyclic) bond motifs is 1. The zero-order valence-electron chi connectivity index (χ0n) is 25.8. The molecule has 0 N–H and O–H groups in total. The maximum absolute atomic E-state index is 4.58. The first-order chi connectivity index (χ1) is 19.8. The summed E-state index contributed by atoms with van der Waals surface area (Å²) in [5.74, 6) is 0.839. The first kappa shape index (κ1) is 30.4. The van der Waals surface area contributed by atoms with Crippen molar-refractivity contribution in [3.8, 4) is 0 Å². The van der Waals surface area contributed by atoms with Crippen LogP contribution in [-0.2, 0) is 6.42 Å². The number of nitrogens with zero attached hydrogens (tertiary/aromatic N) is 3. The second-order valence-electron chi connectivity index (χ2n) is 11.8. The molecule has 5 rings (SSSR count). The van der Waals surface area contributed by atoms with Crippen molar-refractivity contribution < 1.29 is 0 Å². The van der Waals surface area contributed by atoms with Crippen LogP contribution in [0.3, 0.4) is 0 Å². The topological polar surface area (TPSA) is 19.4 Å². The van der Waals surface area contributed by atoms with Crippen LogP contribution in [0, 0.1) is 6.92 Å². The van der Waals surface area contributed by atoms with E-state index in [1.807, 2.05) is 12.3 Å². The van der Waals surface area contributed by atoms with Gasteiger partial charge >= 0.3 is 0 Å². The predicted molar refractivity (Wildman–Crippen MR) is 176 cm³/mol. The lowest BCUT2D eigenvalue weighted by atomic mass is 9.88. The third-order valence-corrected chi connectivity index (χ3v) is 8.06. The Balaban J connectivity index is 0.000000191. The fraction of sp³-hybridized carbons (Fsp3) is 0.342. The van der Waals surface area contributed by atoms with Crippen LogP contribution in [0.5, 0.6) is 0 Å². The molecule has 1 aromatic heterocycles. The minimum atomic E-state index is 0.349. The first-order valence-electron chi connectivity index (χ1n) is 15.0. The molecule has 3 heteroatoms. The quantitative estimate of drug-likeness (QED) is 0.200. The number of aromatic nitrogens is 1. The van der Waals surface area contributed by atoms with Gasteiger partial charge in [-0.05, 0) is 101 Å². The van der Waals surface area contributed by atoms with Gasteiger partial charge in [-0.1, -0.05) is 103 Å². The Labute approximate surface area is 248 Å². The molecule has 2 unspecified atom stereocenters. The van der Waals surface area contributed by atoms with E-state index in [-0.39, 0.29) is 0 Å². The Hall–Kier alpha value is -3.53. The van der Waals surface area contributed by atoms with Gasteiger partial charge in [-0.25, -0.2) is 0 Å². The molecule has 2 atom stereocenters. The third-order valence-electron chi connectivity index (χ3n) is 8.06. The van der Waals surface area contributed by atoms with Gasteiger partial charge in [-0.2, -0.15) is 0 Å². The highest BCUT2D eigenvalue weighted by Gasteiger charge is 2.26. The van der Waals surface area contributed by atoms with Gasteiger partial charge in [-0.15, -0.1) is 0 Å². The van der Waals surface area contributed by atoms with Crippen molar-refractivity contribution in [2.75, 3.05) is 41.3 Å². The molecule has 41 heavy (non-hydrogen) atoms. The van der Waals surface area contributed by atoms with E-state index in [9.17, 15) is 0 Å². The Morgan fingerprint density at radius 2 is 1.34 bits per heavy atom. The molecule has 214 valence electrons. The number of benzene rings is 3. The summed E-state index contributed by atoms with van der Waals surface area (Å²) in [6.45, 7) is 6.63. The molecule has 3 nitrogen and oxygen atoms in total. The van der Waals surface area contributed by atoms with E-state index in [1.165, 1.54) is 33.4 Å². The van der Waals surface area contributed by atoms with Crippen molar-refractivity contribution in [1.29, 1.82) is 0 Å². The summed E-state index contributed by atoms with van der Waals surface area (Å²) < 4.78 is 0. The van der Waals surface area contributed by atoms with Gasteiger partial charge < -0.3 is 9.80 Å². The summed E-state index contributed by atoms with van der Waals surface area (Å²) in [6, 6.07) is 34.8. The summed E-state index contributed by atoms with van der Waals surface area (Å²) in [5.41, 5.74) is 11.3. The second kappa shape index (κ2) is 14.9. The van der Waals surface area contributed by atoms with E-state index in [2.05, 4.69) is 148 Å². The smallest absolute Gasteiger partial charge is 0.0475 e. The van der Waals surface area contributed by atoms with E-state index in [4.69, 9.17) is 0 Å². The molecular formula is C38H47N3. The van der Waals surface area contributed by atoms with Crippen LogP contribution in [0.25, 0.3) is 5.57 Å². The summed E-state index contributed by atoms with van der Waals surface area (Å²) in [5, 5.41) is 0. The third kappa shape index (κ3) is 8.48. The summed E-state index contributed by atoms with van der Waals surface area (Å²) in [6.07, 6.45) is 5.28. The van der Waals surface area contributed by atoms with E-state index in [0.29, 0.717) is 11.8 Å². The van der Waals surface area contributed by atoms with Crippen molar-refractivity contribution in [1.82, 2.24) is 14.8 Å². The summed E-state index contributed by atoms with van der Waals surface area (Å²) in [4.78, 5) is 9.10. The SMILES string of the molecule is CC(C1=C(CCN(C)C)Cc2ccccc21)c1ccccn1.Cc1ccc(C(CCN(C)C)c2ccccc2)cc1. The molecule has 0 bridgehead atoms. The molecule has 1 heterocycles. The molecule has 1 aliphatic rings. The molecule has 0 saturated heterocycles. The van der Waals surface area contributed by atoms with Crippen molar-refractivity contribution in [3.63, 3.8) is 0 Å². The standard InChI is InChI=1S/C20H24N2.C18H23N/c1-15(19-10-6-7-12-21-19)20-17(11-13-22(2)3)14-16-8-4-5-9-18(16)20;1-15-9-11-17(12-10-15)18(13-14-19(2)3)16-7-5-4-6-8-16/h4-10,12,15H,11,13-14H2,1-3H3;4-12,18H,13-14H2,1-3H3. The van der Waals surface area contributed by atoms with Crippen LogP contribution >= 0.6 is 0 Å². The van der Waals surface area contributed by atoms with Crippen LogP contribution in [0.2, 0.25) is 0 Å². The first-order valence-corrected chi connectivity index (χ1v) is 15.0. The highest BCUT2D eigenvalue weighted by molar-refractivity contribution is 5.80. The van der Waals surface area contributed by atoms with Crippen LogP contribution in [0.15, 0.2) is 109 Å². The van der Waals surface area contributed by atoms with Crippen molar-refractivity contribution in [2.24, 2.45) is 0 Å². The van der Waals surface area contributed by atoms with Crippen molar-refractivity contribution in [3.05, 3.63) is 142 Å². The average Bonchev–Trinajstić information content (AvgIpc) is 3.36. The van der Waals surface area contributed by atoms with Gasteiger partial charge in [0.05, 0.1) is 0 Å². The van der Waals surface area contributed by atoms with E-state index in [1.54, 1.807) is 5.57 Å². The molecule has 1 aliphatic carbocycles. The second-order valence-corrected chi connectivity index (χ2v) is 11.8. The van der Waals surface area contributed by atoms with E-state index < -0.39 is 0 Å².